The molecule has 2 rings (SSSR count). The van der Waals surface area contributed by atoms with Crippen molar-refractivity contribution in [3.63, 3.8) is 0 Å². The Morgan fingerprint density at radius 3 is 2.65 bits per heavy atom. The quantitative estimate of drug-likeness (QED) is 0.772. The number of hydrogen-bond donors (Lipinski definition) is 2. The van der Waals surface area contributed by atoms with Gasteiger partial charge in [-0.15, -0.1) is 0 Å². The second kappa shape index (κ2) is 4.79. The van der Waals surface area contributed by atoms with Crippen LogP contribution in [0.3, 0.4) is 0 Å². The summed E-state index contributed by atoms with van der Waals surface area (Å²) in [4.78, 5) is 0. The van der Waals surface area contributed by atoms with E-state index in [1.54, 1.807) is 0 Å². The van der Waals surface area contributed by atoms with Crippen molar-refractivity contribution in [2.75, 3.05) is 0 Å². The maximum Gasteiger partial charge on any atom is 0.178 e. The average molecular weight is 234 g/mol. The minimum Gasteiger partial charge on any atom is -0.364 e. The molecule has 0 amide bonds. The van der Waals surface area contributed by atoms with Crippen LogP contribution in [-0.2, 0) is 6.42 Å². The van der Waals surface area contributed by atoms with E-state index in [-0.39, 0.29) is 0 Å². The van der Waals surface area contributed by atoms with Gasteiger partial charge in [0.05, 0.1) is 0 Å². The van der Waals surface area contributed by atoms with Crippen LogP contribution >= 0.6 is 0 Å². The SMILES string of the molecule is CCC1CCCc2c(C)cc(C(O)O)c(C)c21. The van der Waals surface area contributed by atoms with Crippen LogP contribution in [0.25, 0.3) is 0 Å². The first-order valence-electron chi connectivity index (χ1n) is 6.55. The molecule has 1 unspecified atom stereocenters. The van der Waals surface area contributed by atoms with Crippen LogP contribution in [0.1, 0.15) is 66.2 Å². The molecule has 2 heteroatoms. The predicted octanol–water partition coefficient (Wildman–Crippen LogP) is 3.12. The molecule has 0 saturated heterocycles. The molecule has 0 radical (unpaired) electrons. The van der Waals surface area contributed by atoms with Crippen LogP contribution in [0.4, 0.5) is 0 Å². The van der Waals surface area contributed by atoms with E-state index in [1.165, 1.54) is 29.5 Å². The van der Waals surface area contributed by atoms with Gasteiger partial charge >= 0.3 is 0 Å². The summed E-state index contributed by atoms with van der Waals surface area (Å²) >= 11 is 0. The van der Waals surface area contributed by atoms with E-state index in [2.05, 4.69) is 13.8 Å². The molecule has 0 fully saturated rings. The molecule has 1 atom stereocenters. The van der Waals surface area contributed by atoms with Gasteiger partial charge in [-0.1, -0.05) is 13.0 Å². The van der Waals surface area contributed by atoms with E-state index in [9.17, 15) is 10.2 Å². The predicted molar refractivity (Wildman–Crippen MR) is 69.1 cm³/mol. The highest BCUT2D eigenvalue weighted by molar-refractivity contribution is 5.48. The Balaban J connectivity index is 2.62. The molecule has 0 aromatic heterocycles. The average Bonchev–Trinajstić information content (AvgIpc) is 2.32. The molecule has 0 bridgehead atoms. The summed E-state index contributed by atoms with van der Waals surface area (Å²) in [6.07, 6.45) is 3.42. The zero-order chi connectivity index (χ0) is 12.6. The van der Waals surface area contributed by atoms with Crippen molar-refractivity contribution < 1.29 is 10.2 Å². The van der Waals surface area contributed by atoms with Gasteiger partial charge < -0.3 is 10.2 Å². The molecule has 0 saturated carbocycles. The molecule has 0 aliphatic heterocycles. The third-order valence-corrected chi connectivity index (χ3v) is 4.17. The van der Waals surface area contributed by atoms with E-state index in [1.807, 2.05) is 13.0 Å². The minimum absolute atomic E-state index is 0.594. The first-order chi connectivity index (χ1) is 8.06. The van der Waals surface area contributed by atoms with Gasteiger partial charge in [0.1, 0.15) is 0 Å². The van der Waals surface area contributed by atoms with Gasteiger partial charge in [-0.05, 0) is 67.7 Å². The van der Waals surface area contributed by atoms with Gasteiger partial charge in [-0.25, -0.2) is 0 Å². The van der Waals surface area contributed by atoms with Gasteiger partial charge in [0, 0.05) is 5.56 Å². The van der Waals surface area contributed by atoms with Crippen molar-refractivity contribution in [2.24, 2.45) is 0 Å². The highest BCUT2D eigenvalue weighted by atomic mass is 16.5. The smallest absolute Gasteiger partial charge is 0.178 e. The van der Waals surface area contributed by atoms with Gasteiger partial charge in [0.2, 0.25) is 0 Å². The van der Waals surface area contributed by atoms with E-state index in [4.69, 9.17) is 0 Å². The first kappa shape index (κ1) is 12.6. The Morgan fingerprint density at radius 2 is 2.06 bits per heavy atom. The van der Waals surface area contributed by atoms with Crippen molar-refractivity contribution in [3.8, 4) is 0 Å². The second-order valence-corrected chi connectivity index (χ2v) is 5.17. The van der Waals surface area contributed by atoms with Crippen molar-refractivity contribution in [2.45, 2.75) is 58.7 Å². The Morgan fingerprint density at radius 1 is 1.35 bits per heavy atom. The van der Waals surface area contributed by atoms with E-state index in [0.29, 0.717) is 11.5 Å². The first-order valence-corrected chi connectivity index (χ1v) is 6.55. The van der Waals surface area contributed by atoms with Crippen LogP contribution in [0.2, 0.25) is 0 Å². The van der Waals surface area contributed by atoms with Crippen molar-refractivity contribution >= 4 is 0 Å². The summed E-state index contributed by atoms with van der Waals surface area (Å²) in [6.45, 7) is 6.33. The number of aliphatic hydroxyl groups excluding tert-OH is 1. The molecule has 1 aromatic carbocycles. The molecule has 1 aromatic rings. The Bertz CT molecular complexity index is 421. The summed E-state index contributed by atoms with van der Waals surface area (Å²) in [6, 6.07) is 1.94. The number of aryl methyl sites for hydroxylation is 1. The lowest BCUT2D eigenvalue weighted by Crippen LogP contribution is -2.15. The fourth-order valence-electron chi connectivity index (χ4n) is 3.25. The third kappa shape index (κ3) is 2.12. The van der Waals surface area contributed by atoms with Crippen molar-refractivity contribution in [1.29, 1.82) is 0 Å². The summed E-state index contributed by atoms with van der Waals surface area (Å²) in [5.74, 6) is 0.594. The summed E-state index contributed by atoms with van der Waals surface area (Å²) < 4.78 is 0. The maximum atomic E-state index is 9.45. The summed E-state index contributed by atoms with van der Waals surface area (Å²) in [5.41, 5.74) is 5.83. The normalized spacial score (nSPS) is 19.5. The van der Waals surface area contributed by atoms with E-state index in [0.717, 1.165) is 18.4 Å². The molecule has 0 spiro atoms. The van der Waals surface area contributed by atoms with Crippen LogP contribution < -0.4 is 0 Å². The lowest BCUT2D eigenvalue weighted by molar-refractivity contribution is -0.0430. The Kier molecular flexibility index (Phi) is 3.55. The van der Waals surface area contributed by atoms with Gasteiger partial charge in [-0.3, -0.25) is 0 Å². The Labute approximate surface area is 103 Å². The number of rotatable bonds is 2. The highest BCUT2D eigenvalue weighted by Crippen LogP contribution is 2.39. The molecular weight excluding hydrogens is 212 g/mol. The van der Waals surface area contributed by atoms with Crippen molar-refractivity contribution in [3.05, 3.63) is 33.9 Å². The molecular formula is C15H22O2. The number of hydrogen-bond acceptors (Lipinski definition) is 2. The molecule has 1 aliphatic rings. The summed E-state index contributed by atoms with van der Waals surface area (Å²) in [7, 11) is 0. The fourth-order valence-corrected chi connectivity index (χ4v) is 3.25. The standard InChI is InChI=1S/C15H22O2/c1-4-11-6-5-7-12-9(2)8-13(15(16)17)10(3)14(11)12/h8,11,15-17H,4-7H2,1-3H3. The zero-order valence-corrected chi connectivity index (χ0v) is 11.0. The highest BCUT2D eigenvalue weighted by Gasteiger charge is 2.25. The molecule has 94 valence electrons. The number of aliphatic hydroxyl groups is 2. The molecule has 2 N–H and O–H groups in total. The van der Waals surface area contributed by atoms with Gasteiger partial charge in [0.15, 0.2) is 6.29 Å². The second-order valence-electron chi connectivity index (χ2n) is 5.17. The maximum absolute atomic E-state index is 9.45. The number of benzene rings is 1. The van der Waals surface area contributed by atoms with Gasteiger partial charge in [-0.2, -0.15) is 0 Å². The lowest BCUT2D eigenvalue weighted by atomic mass is 9.76. The molecule has 1 aliphatic carbocycles. The van der Waals surface area contributed by atoms with Gasteiger partial charge in [0.25, 0.3) is 0 Å². The van der Waals surface area contributed by atoms with Crippen LogP contribution in [-0.4, -0.2) is 10.2 Å². The van der Waals surface area contributed by atoms with E-state index < -0.39 is 6.29 Å². The van der Waals surface area contributed by atoms with Crippen LogP contribution in [0.15, 0.2) is 6.07 Å². The molecule has 0 heterocycles. The molecule has 17 heavy (non-hydrogen) atoms. The number of fused-ring (bicyclic) bond motifs is 1. The van der Waals surface area contributed by atoms with Crippen molar-refractivity contribution in [1.82, 2.24) is 0 Å². The summed E-state index contributed by atoms with van der Waals surface area (Å²) in [5, 5.41) is 18.9. The zero-order valence-electron chi connectivity index (χ0n) is 11.0. The minimum atomic E-state index is -1.35. The fraction of sp³-hybridized carbons (Fsp3) is 0.600. The third-order valence-electron chi connectivity index (χ3n) is 4.17. The van der Waals surface area contributed by atoms with Crippen LogP contribution in [0.5, 0.6) is 0 Å². The monoisotopic (exact) mass is 234 g/mol. The largest absolute Gasteiger partial charge is 0.364 e. The lowest BCUT2D eigenvalue weighted by Gasteiger charge is -2.30. The Hall–Kier alpha value is -0.860. The topological polar surface area (TPSA) is 40.5 Å². The van der Waals surface area contributed by atoms with E-state index >= 15 is 0 Å². The molecule has 2 nitrogen and oxygen atoms in total. The van der Waals surface area contributed by atoms with Crippen LogP contribution in [0, 0.1) is 13.8 Å².